The van der Waals surface area contributed by atoms with Crippen LogP contribution in [0.5, 0.6) is 0 Å². The second-order valence-electron chi connectivity index (χ2n) is 6.82. The first-order valence-electron chi connectivity index (χ1n) is 9.43. The number of hydrogen-bond donors (Lipinski definition) is 3. The fourth-order valence-corrected chi connectivity index (χ4v) is 3.24. The van der Waals surface area contributed by atoms with Gasteiger partial charge >= 0.3 is 6.03 Å². The van der Waals surface area contributed by atoms with Gasteiger partial charge in [-0.2, -0.15) is 0 Å². The number of aliphatic hydroxyl groups excluding tert-OH is 1. The molecule has 1 heterocycles. The van der Waals surface area contributed by atoms with Gasteiger partial charge in [-0.1, -0.05) is 30.3 Å². The number of nitrogens with one attached hydrogen (secondary N) is 2. The minimum Gasteiger partial charge on any atom is -0.386 e. The molecule has 150 valence electrons. The van der Waals surface area contributed by atoms with Gasteiger partial charge < -0.3 is 20.5 Å². The molecule has 2 atom stereocenters. The SMILES string of the molecule is CC(c1ccc(NC(=O)NCC(O)c2ccccc2F)cc1)N1CCOCC1. The van der Waals surface area contributed by atoms with E-state index in [1.54, 1.807) is 12.1 Å². The van der Waals surface area contributed by atoms with Crippen LogP contribution in [0.25, 0.3) is 0 Å². The molecule has 2 unspecified atom stereocenters. The summed E-state index contributed by atoms with van der Waals surface area (Å²) in [5.41, 5.74) is 1.97. The molecule has 0 saturated carbocycles. The van der Waals surface area contributed by atoms with Crippen molar-refractivity contribution in [1.29, 1.82) is 0 Å². The van der Waals surface area contributed by atoms with Crippen molar-refractivity contribution >= 4 is 11.7 Å². The van der Waals surface area contributed by atoms with E-state index in [1.165, 1.54) is 17.7 Å². The largest absolute Gasteiger partial charge is 0.386 e. The maximum Gasteiger partial charge on any atom is 0.319 e. The number of benzene rings is 2. The average molecular weight is 387 g/mol. The molecule has 28 heavy (non-hydrogen) atoms. The molecule has 3 N–H and O–H groups in total. The van der Waals surface area contributed by atoms with Gasteiger partial charge in [-0.3, -0.25) is 4.90 Å². The topological polar surface area (TPSA) is 73.8 Å². The molecule has 3 rings (SSSR count). The summed E-state index contributed by atoms with van der Waals surface area (Å²) in [5, 5.41) is 15.3. The molecule has 2 aromatic carbocycles. The van der Waals surface area contributed by atoms with Crippen molar-refractivity contribution in [3.8, 4) is 0 Å². The zero-order valence-corrected chi connectivity index (χ0v) is 15.9. The van der Waals surface area contributed by atoms with E-state index < -0.39 is 18.0 Å². The van der Waals surface area contributed by atoms with Crippen molar-refractivity contribution in [2.75, 3.05) is 38.2 Å². The number of carbonyl (C=O) groups excluding carboxylic acids is 1. The summed E-state index contributed by atoms with van der Waals surface area (Å²) in [4.78, 5) is 14.4. The second kappa shape index (κ2) is 9.64. The normalized spacial score (nSPS) is 17.0. The van der Waals surface area contributed by atoms with Crippen LogP contribution in [0.4, 0.5) is 14.9 Å². The maximum atomic E-state index is 13.7. The van der Waals surface area contributed by atoms with Crippen LogP contribution in [0.15, 0.2) is 48.5 Å². The maximum absolute atomic E-state index is 13.7. The summed E-state index contributed by atoms with van der Waals surface area (Å²) < 4.78 is 19.0. The number of halogens is 1. The molecule has 0 bridgehead atoms. The van der Waals surface area contributed by atoms with E-state index in [9.17, 15) is 14.3 Å². The predicted octanol–water partition coefficient (Wildman–Crippen LogP) is 3.07. The van der Waals surface area contributed by atoms with Crippen LogP contribution in [-0.4, -0.2) is 48.9 Å². The molecular formula is C21H26FN3O3. The lowest BCUT2D eigenvalue weighted by Gasteiger charge is -2.32. The quantitative estimate of drug-likeness (QED) is 0.712. The highest BCUT2D eigenvalue weighted by atomic mass is 19.1. The van der Waals surface area contributed by atoms with Gasteiger partial charge in [-0.05, 0) is 30.7 Å². The Labute approximate surface area is 164 Å². The van der Waals surface area contributed by atoms with E-state index in [4.69, 9.17) is 4.74 Å². The summed E-state index contributed by atoms with van der Waals surface area (Å²) >= 11 is 0. The Morgan fingerprint density at radius 2 is 1.86 bits per heavy atom. The van der Waals surface area contributed by atoms with Gasteiger partial charge in [0.05, 0.1) is 19.3 Å². The molecule has 0 aliphatic carbocycles. The minimum atomic E-state index is -1.11. The highest BCUT2D eigenvalue weighted by molar-refractivity contribution is 5.89. The van der Waals surface area contributed by atoms with E-state index in [2.05, 4.69) is 22.5 Å². The van der Waals surface area contributed by atoms with Gasteiger partial charge in [0, 0.05) is 36.9 Å². The van der Waals surface area contributed by atoms with E-state index in [0.29, 0.717) is 5.69 Å². The molecule has 2 aromatic rings. The molecule has 2 amide bonds. The Balaban J connectivity index is 1.49. The molecule has 1 aliphatic rings. The Morgan fingerprint density at radius 3 is 2.54 bits per heavy atom. The molecule has 1 saturated heterocycles. The first-order valence-corrected chi connectivity index (χ1v) is 9.43. The lowest BCUT2D eigenvalue weighted by molar-refractivity contribution is 0.0198. The highest BCUT2D eigenvalue weighted by Crippen LogP contribution is 2.22. The van der Waals surface area contributed by atoms with Crippen LogP contribution in [0.2, 0.25) is 0 Å². The number of anilines is 1. The van der Waals surface area contributed by atoms with Crippen molar-refractivity contribution < 1.29 is 19.0 Å². The van der Waals surface area contributed by atoms with Gasteiger partial charge in [0.1, 0.15) is 5.82 Å². The molecule has 1 aliphatic heterocycles. The zero-order valence-electron chi connectivity index (χ0n) is 15.9. The number of nitrogens with zero attached hydrogens (tertiary/aromatic N) is 1. The molecule has 1 fully saturated rings. The Morgan fingerprint density at radius 1 is 1.18 bits per heavy atom. The number of morpholine rings is 1. The summed E-state index contributed by atoms with van der Waals surface area (Å²) in [6.45, 7) is 5.40. The van der Waals surface area contributed by atoms with Gasteiger partial charge in [-0.25, -0.2) is 9.18 Å². The Hall–Kier alpha value is -2.48. The number of urea groups is 1. The number of ether oxygens (including phenoxy) is 1. The smallest absolute Gasteiger partial charge is 0.319 e. The van der Waals surface area contributed by atoms with E-state index in [0.717, 1.165) is 26.3 Å². The summed E-state index contributed by atoms with van der Waals surface area (Å²) in [5.74, 6) is -0.498. The van der Waals surface area contributed by atoms with Crippen molar-refractivity contribution in [1.82, 2.24) is 10.2 Å². The van der Waals surface area contributed by atoms with Crippen molar-refractivity contribution in [2.24, 2.45) is 0 Å². The van der Waals surface area contributed by atoms with Crippen LogP contribution in [0, 0.1) is 5.82 Å². The molecule has 7 heteroatoms. The Kier molecular flexibility index (Phi) is 6.97. The van der Waals surface area contributed by atoms with E-state index in [1.807, 2.05) is 24.3 Å². The van der Waals surface area contributed by atoms with Crippen LogP contribution >= 0.6 is 0 Å². The van der Waals surface area contributed by atoms with Crippen LogP contribution in [0.1, 0.15) is 30.2 Å². The summed E-state index contributed by atoms with van der Waals surface area (Å²) in [6.07, 6.45) is -1.11. The van der Waals surface area contributed by atoms with Crippen molar-refractivity contribution in [2.45, 2.75) is 19.1 Å². The number of carbonyl (C=O) groups is 1. The standard InChI is InChI=1S/C21H26FN3O3/c1-15(25-10-12-28-13-11-25)16-6-8-17(9-7-16)24-21(27)23-14-20(26)18-4-2-3-5-19(18)22/h2-9,15,20,26H,10-14H2,1H3,(H2,23,24,27). The fourth-order valence-electron chi connectivity index (χ4n) is 3.24. The second-order valence-corrected chi connectivity index (χ2v) is 6.82. The van der Waals surface area contributed by atoms with Crippen molar-refractivity contribution in [3.63, 3.8) is 0 Å². The van der Waals surface area contributed by atoms with Gasteiger partial charge in [-0.15, -0.1) is 0 Å². The molecule has 0 radical (unpaired) electrons. The van der Waals surface area contributed by atoms with Gasteiger partial charge in [0.2, 0.25) is 0 Å². The minimum absolute atomic E-state index is 0.0844. The number of hydrogen-bond acceptors (Lipinski definition) is 4. The predicted molar refractivity (Wildman–Crippen MR) is 106 cm³/mol. The molecule has 0 spiro atoms. The van der Waals surface area contributed by atoms with Crippen LogP contribution in [0.3, 0.4) is 0 Å². The van der Waals surface area contributed by atoms with E-state index in [-0.39, 0.29) is 18.2 Å². The highest BCUT2D eigenvalue weighted by Gasteiger charge is 2.18. The lowest BCUT2D eigenvalue weighted by atomic mass is 10.1. The monoisotopic (exact) mass is 387 g/mol. The van der Waals surface area contributed by atoms with Crippen LogP contribution in [-0.2, 0) is 4.74 Å². The third kappa shape index (κ3) is 5.28. The van der Waals surface area contributed by atoms with Crippen LogP contribution < -0.4 is 10.6 Å². The zero-order chi connectivity index (χ0) is 19.9. The third-order valence-electron chi connectivity index (χ3n) is 4.96. The number of rotatable bonds is 6. The number of aliphatic hydroxyl groups is 1. The summed E-state index contributed by atoms with van der Waals surface area (Å²) in [7, 11) is 0. The molecular weight excluding hydrogens is 361 g/mol. The average Bonchev–Trinajstić information content (AvgIpc) is 2.73. The third-order valence-corrected chi connectivity index (χ3v) is 4.96. The lowest BCUT2D eigenvalue weighted by Crippen LogP contribution is -2.38. The molecule has 6 nitrogen and oxygen atoms in total. The van der Waals surface area contributed by atoms with Gasteiger partial charge in [0.15, 0.2) is 0 Å². The summed E-state index contributed by atoms with van der Waals surface area (Å²) in [6, 6.07) is 13.5. The van der Waals surface area contributed by atoms with Gasteiger partial charge in [0.25, 0.3) is 0 Å². The fraction of sp³-hybridized carbons (Fsp3) is 0.381. The Bertz CT molecular complexity index is 779. The first kappa shape index (κ1) is 20.3. The first-order chi connectivity index (χ1) is 13.5. The van der Waals surface area contributed by atoms with E-state index >= 15 is 0 Å². The number of amides is 2. The molecule has 0 aromatic heterocycles. The van der Waals surface area contributed by atoms with Crippen molar-refractivity contribution in [3.05, 3.63) is 65.5 Å².